The number of hydrogen-bond acceptors (Lipinski definition) is 2. The van der Waals surface area contributed by atoms with Crippen molar-refractivity contribution < 1.29 is 9.59 Å². The van der Waals surface area contributed by atoms with E-state index in [0.29, 0.717) is 24.7 Å². The van der Waals surface area contributed by atoms with Gasteiger partial charge in [0.2, 0.25) is 5.91 Å². The number of rotatable bonds is 4. The smallest absolute Gasteiger partial charge is 0.320 e. The van der Waals surface area contributed by atoms with Crippen LogP contribution in [0, 0.1) is 0 Å². The van der Waals surface area contributed by atoms with Crippen molar-refractivity contribution in [3.63, 3.8) is 0 Å². The van der Waals surface area contributed by atoms with Gasteiger partial charge in [-0.25, -0.2) is 4.79 Å². The SMILES string of the molecule is O=C(CN1CCN(Cc2ccc(Cl)cc2)C1=O)N1CCCC1. The monoisotopic (exact) mass is 321 g/mol. The summed E-state index contributed by atoms with van der Waals surface area (Å²) in [5.41, 5.74) is 1.05. The molecule has 5 nitrogen and oxygen atoms in total. The van der Waals surface area contributed by atoms with Crippen LogP contribution < -0.4 is 0 Å². The molecule has 3 rings (SSSR count). The maximum absolute atomic E-state index is 12.4. The van der Waals surface area contributed by atoms with E-state index in [4.69, 9.17) is 11.6 Å². The van der Waals surface area contributed by atoms with E-state index in [1.807, 2.05) is 29.2 Å². The number of halogens is 1. The summed E-state index contributed by atoms with van der Waals surface area (Å²) in [4.78, 5) is 29.8. The Morgan fingerprint density at radius 3 is 2.32 bits per heavy atom. The lowest BCUT2D eigenvalue weighted by molar-refractivity contribution is -0.130. The molecule has 0 saturated carbocycles. The molecule has 0 N–H and O–H groups in total. The molecule has 0 aromatic heterocycles. The molecule has 118 valence electrons. The summed E-state index contributed by atoms with van der Waals surface area (Å²) in [6.07, 6.45) is 2.14. The molecule has 2 heterocycles. The zero-order valence-electron chi connectivity index (χ0n) is 12.5. The third-order valence-corrected chi connectivity index (χ3v) is 4.50. The zero-order valence-corrected chi connectivity index (χ0v) is 13.3. The van der Waals surface area contributed by atoms with Gasteiger partial charge in [0.15, 0.2) is 0 Å². The Bertz CT molecular complexity index is 555. The first kappa shape index (κ1) is 15.2. The van der Waals surface area contributed by atoms with E-state index in [1.54, 1.807) is 9.80 Å². The van der Waals surface area contributed by atoms with Gasteiger partial charge in [-0.2, -0.15) is 0 Å². The molecule has 6 heteroatoms. The van der Waals surface area contributed by atoms with E-state index in [0.717, 1.165) is 31.5 Å². The number of hydrogen-bond donors (Lipinski definition) is 0. The van der Waals surface area contributed by atoms with Crippen molar-refractivity contribution in [2.24, 2.45) is 0 Å². The number of urea groups is 1. The van der Waals surface area contributed by atoms with Gasteiger partial charge >= 0.3 is 6.03 Å². The molecule has 0 bridgehead atoms. The normalized spacial score (nSPS) is 18.4. The van der Waals surface area contributed by atoms with Gasteiger partial charge < -0.3 is 14.7 Å². The predicted molar refractivity (Wildman–Crippen MR) is 84.6 cm³/mol. The van der Waals surface area contributed by atoms with E-state index in [2.05, 4.69) is 0 Å². The molecule has 0 atom stereocenters. The first-order chi connectivity index (χ1) is 10.6. The third kappa shape index (κ3) is 3.35. The molecule has 0 spiro atoms. The number of carbonyl (C=O) groups is 2. The summed E-state index contributed by atoms with van der Waals surface area (Å²) in [6, 6.07) is 7.45. The van der Waals surface area contributed by atoms with Crippen LogP contribution in [0.25, 0.3) is 0 Å². The van der Waals surface area contributed by atoms with Crippen molar-refractivity contribution in [1.29, 1.82) is 0 Å². The molecule has 1 aromatic rings. The van der Waals surface area contributed by atoms with Crippen molar-refractivity contribution in [2.75, 3.05) is 32.7 Å². The van der Waals surface area contributed by atoms with Gasteiger partial charge in [-0.15, -0.1) is 0 Å². The van der Waals surface area contributed by atoms with E-state index in [-0.39, 0.29) is 18.5 Å². The lowest BCUT2D eigenvalue weighted by Gasteiger charge is -2.21. The largest absolute Gasteiger partial charge is 0.341 e. The lowest BCUT2D eigenvalue weighted by atomic mass is 10.2. The molecule has 1 aromatic carbocycles. The van der Waals surface area contributed by atoms with Crippen LogP contribution in [0.2, 0.25) is 5.02 Å². The first-order valence-electron chi connectivity index (χ1n) is 7.69. The Hall–Kier alpha value is -1.75. The quantitative estimate of drug-likeness (QED) is 0.853. The van der Waals surface area contributed by atoms with E-state index >= 15 is 0 Å². The predicted octanol–water partition coefficient (Wildman–Crippen LogP) is 2.20. The fourth-order valence-corrected chi connectivity index (χ4v) is 3.09. The van der Waals surface area contributed by atoms with Crippen LogP contribution in [0.1, 0.15) is 18.4 Å². The van der Waals surface area contributed by atoms with Crippen LogP contribution >= 0.6 is 11.6 Å². The maximum atomic E-state index is 12.4. The van der Waals surface area contributed by atoms with Crippen LogP contribution in [0.15, 0.2) is 24.3 Å². The third-order valence-electron chi connectivity index (χ3n) is 4.25. The summed E-state index contributed by atoms with van der Waals surface area (Å²) < 4.78 is 0. The van der Waals surface area contributed by atoms with Gasteiger partial charge in [0, 0.05) is 37.7 Å². The molecule has 0 radical (unpaired) electrons. The molecule has 2 aliphatic rings. The second kappa shape index (κ2) is 6.57. The Morgan fingerprint density at radius 1 is 1.00 bits per heavy atom. The van der Waals surface area contributed by atoms with Crippen LogP contribution in [0.3, 0.4) is 0 Å². The standard InChI is InChI=1S/C16H20ClN3O2/c17-14-5-3-13(4-6-14)11-19-9-10-20(16(19)22)12-15(21)18-7-1-2-8-18/h3-6H,1-2,7-12H2. The molecular formula is C16H20ClN3O2. The van der Waals surface area contributed by atoms with Crippen molar-refractivity contribution in [1.82, 2.24) is 14.7 Å². The summed E-state index contributed by atoms with van der Waals surface area (Å²) in [5.74, 6) is 0.0687. The van der Waals surface area contributed by atoms with Gasteiger partial charge in [0.1, 0.15) is 6.54 Å². The fraction of sp³-hybridized carbons (Fsp3) is 0.500. The molecular weight excluding hydrogens is 302 g/mol. The number of likely N-dealkylation sites (tertiary alicyclic amines) is 1. The number of carbonyl (C=O) groups excluding carboxylic acids is 2. The van der Waals surface area contributed by atoms with Gasteiger partial charge in [0.05, 0.1) is 0 Å². The van der Waals surface area contributed by atoms with Gasteiger partial charge in [-0.3, -0.25) is 4.79 Å². The minimum atomic E-state index is -0.0532. The summed E-state index contributed by atoms with van der Waals surface area (Å²) in [5, 5.41) is 0.689. The van der Waals surface area contributed by atoms with Gasteiger partial charge in [-0.05, 0) is 30.5 Å². The number of nitrogens with zero attached hydrogens (tertiary/aromatic N) is 3. The molecule has 22 heavy (non-hydrogen) atoms. The molecule has 2 fully saturated rings. The number of benzene rings is 1. The maximum Gasteiger partial charge on any atom is 0.320 e. The van der Waals surface area contributed by atoms with Crippen molar-refractivity contribution in [3.05, 3.63) is 34.9 Å². The minimum Gasteiger partial charge on any atom is -0.341 e. The van der Waals surface area contributed by atoms with Gasteiger partial charge in [-0.1, -0.05) is 23.7 Å². The highest BCUT2D eigenvalue weighted by Gasteiger charge is 2.31. The van der Waals surface area contributed by atoms with E-state index in [1.165, 1.54) is 0 Å². The van der Waals surface area contributed by atoms with Crippen LogP contribution in [-0.2, 0) is 11.3 Å². The highest BCUT2D eigenvalue weighted by atomic mass is 35.5. The Morgan fingerprint density at radius 2 is 1.64 bits per heavy atom. The topological polar surface area (TPSA) is 43.9 Å². The first-order valence-corrected chi connectivity index (χ1v) is 8.07. The fourth-order valence-electron chi connectivity index (χ4n) is 2.97. The molecule has 2 saturated heterocycles. The zero-order chi connectivity index (χ0) is 15.5. The molecule has 0 aliphatic carbocycles. The second-order valence-electron chi connectivity index (χ2n) is 5.84. The second-order valence-corrected chi connectivity index (χ2v) is 6.28. The van der Waals surface area contributed by atoms with Crippen molar-refractivity contribution in [3.8, 4) is 0 Å². The summed E-state index contributed by atoms with van der Waals surface area (Å²) >= 11 is 5.87. The Kier molecular flexibility index (Phi) is 4.52. The van der Waals surface area contributed by atoms with Crippen molar-refractivity contribution in [2.45, 2.75) is 19.4 Å². The van der Waals surface area contributed by atoms with Crippen LogP contribution in [0.5, 0.6) is 0 Å². The summed E-state index contributed by atoms with van der Waals surface area (Å²) in [6.45, 7) is 3.70. The molecule has 0 unspecified atom stereocenters. The van der Waals surface area contributed by atoms with Crippen LogP contribution in [0.4, 0.5) is 4.79 Å². The highest BCUT2D eigenvalue weighted by molar-refractivity contribution is 6.30. The lowest BCUT2D eigenvalue weighted by Crippen LogP contribution is -2.41. The Balaban J connectivity index is 1.55. The Labute approximate surface area is 135 Å². The summed E-state index contributed by atoms with van der Waals surface area (Å²) in [7, 11) is 0. The molecule has 3 amide bonds. The number of amides is 3. The van der Waals surface area contributed by atoms with Crippen molar-refractivity contribution >= 4 is 23.5 Å². The van der Waals surface area contributed by atoms with Gasteiger partial charge in [0.25, 0.3) is 0 Å². The van der Waals surface area contributed by atoms with Crippen LogP contribution in [-0.4, -0.2) is 59.4 Å². The van der Waals surface area contributed by atoms with E-state index < -0.39 is 0 Å². The molecule has 2 aliphatic heterocycles. The van der Waals surface area contributed by atoms with E-state index in [9.17, 15) is 9.59 Å². The average molecular weight is 322 g/mol. The average Bonchev–Trinajstić information content (AvgIpc) is 3.15. The minimum absolute atomic E-state index is 0.0532. The highest BCUT2D eigenvalue weighted by Crippen LogP contribution is 2.16.